The number of imidazole rings is 1. The molecular formula is C52H66FN11O4S. The fraction of sp³-hybridized carbons (Fsp3) is 0.500. The molecule has 1 aliphatic carbocycles. The number of carbonyl (C=O) groups excluding carboxylic acids is 1. The van der Waals surface area contributed by atoms with Crippen LogP contribution in [0.4, 0.5) is 21.6 Å². The van der Waals surface area contributed by atoms with E-state index >= 15 is 4.39 Å². The largest absolute Gasteiger partial charge is 0.455 e. The van der Waals surface area contributed by atoms with Crippen molar-refractivity contribution in [3.8, 4) is 11.5 Å². The zero-order valence-electron chi connectivity index (χ0n) is 40.4. The smallest absolute Gasteiger partial charge is 0.270 e. The van der Waals surface area contributed by atoms with E-state index in [0.29, 0.717) is 66.8 Å². The number of halogens is 1. The van der Waals surface area contributed by atoms with E-state index in [1.165, 1.54) is 55.4 Å². The zero-order valence-corrected chi connectivity index (χ0v) is 41.3. The van der Waals surface area contributed by atoms with Crippen molar-refractivity contribution in [3.63, 3.8) is 0 Å². The van der Waals surface area contributed by atoms with E-state index < -0.39 is 21.6 Å². The molecule has 0 unspecified atom stereocenters. The average Bonchev–Trinajstić information content (AvgIpc) is 4.10. The molecule has 1 saturated carbocycles. The highest BCUT2D eigenvalue weighted by Gasteiger charge is 2.50. The van der Waals surface area contributed by atoms with Crippen LogP contribution in [-0.2, 0) is 10.0 Å². The van der Waals surface area contributed by atoms with Crippen molar-refractivity contribution in [2.75, 3.05) is 61.8 Å². The fourth-order valence-electron chi connectivity index (χ4n) is 11.6. The van der Waals surface area contributed by atoms with Gasteiger partial charge in [0.05, 0.1) is 29.4 Å². The van der Waals surface area contributed by atoms with Crippen LogP contribution in [0.3, 0.4) is 0 Å². The maximum atomic E-state index is 16.1. The maximum Gasteiger partial charge on any atom is 0.270 e. The summed E-state index contributed by atoms with van der Waals surface area (Å²) in [5.74, 6) is 0.673. The second-order valence-electron chi connectivity index (χ2n) is 21.7. The summed E-state index contributed by atoms with van der Waals surface area (Å²) < 4.78 is 53.1. The van der Waals surface area contributed by atoms with Gasteiger partial charge in [-0.15, -0.1) is 0 Å². The number of piperidine rings is 2. The van der Waals surface area contributed by atoms with Crippen LogP contribution in [0.5, 0.6) is 11.5 Å². The summed E-state index contributed by atoms with van der Waals surface area (Å²) in [7, 11) is -4.58. The number of aromatic nitrogens is 5. The first-order valence-corrected chi connectivity index (χ1v) is 26.1. The molecule has 4 aliphatic rings. The normalized spacial score (nSPS) is 20.2. The molecule has 6 aromatic rings. The Balaban J connectivity index is 0.842. The minimum Gasteiger partial charge on any atom is -0.455 e. The highest BCUT2D eigenvalue weighted by Crippen LogP contribution is 2.54. The van der Waals surface area contributed by atoms with Crippen molar-refractivity contribution in [1.82, 2.24) is 39.4 Å². The van der Waals surface area contributed by atoms with E-state index in [1.807, 2.05) is 6.07 Å². The van der Waals surface area contributed by atoms with E-state index in [4.69, 9.17) is 15.5 Å². The van der Waals surface area contributed by atoms with Gasteiger partial charge in [0.15, 0.2) is 0 Å². The zero-order chi connectivity index (χ0) is 48.3. The quantitative estimate of drug-likeness (QED) is 0.0691. The predicted octanol–water partition coefficient (Wildman–Crippen LogP) is 9.30. The number of sulfonamides is 1. The number of nitrogens with two attached hydrogens (primary N) is 1. The summed E-state index contributed by atoms with van der Waals surface area (Å²) in [5.41, 5.74) is 9.71. The second-order valence-corrected chi connectivity index (χ2v) is 23.3. The van der Waals surface area contributed by atoms with Crippen molar-refractivity contribution in [2.24, 2.45) is 10.8 Å². The average molecular weight is 960 g/mol. The van der Waals surface area contributed by atoms with E-state index in [1.54, 1.807) is 24.5 Å². The number of aromatic amines is 2. The van der Waals surface area contributed by atoms with Gasteiger partial charge in [0.1, 0.15) is 44.6 Å². The number of H-pyrrole nitrogens is 2. The van der Waals surface area contributed by atoms with E-state index in [-0.39, 0.29) is 50.3 Å². The minimum absolute atomic E-state index is 0.0117. The SMILES string of the molecule is CC(C)c1ccccc1[C@@H]1CCCN1C1CC2(CCN(c3cc(Oc4cnc5[nH]ccc5c4)c(C(=O)NS(=O)(=O)c4cc(N)c(NCC5(F)CCN(CC(C)(C)C)CC5)c5[nH]cnc45)cn3)CC2)C1. The number of alkyl halides is 1. The third-order valence-corrected chi connectivity index (χ3v) is 16.5. The van der Waals surface area contributed by atoms with E-state index in [0.717, 1.165) is 44.4 Å². The number of anilines is 3. The highest BCUT2D eigenvalue weighted by atomic mass is 32.2. The van der Waals surface area contributed by atoms with Gasteiger partial charge in [0.2, 0.25) is 0 Å². The summed E-state index contributed by atoms with van der Waals surface area (Å²) in [6, 6.07) is 16.7. The van der Waals surface area contributed by atoms with Gasteiger partial charge in [0.25, 0.3) is 15.9 Å². The third-order valence-electron chi connectivity index (χ3n) is 15.2. The van der Waals surface area contributed by atoms with Crippen molar-refractivity contribution in [3.05, 3.63) is 90.1 Å². The first kappa shape index (κ1) is 46.9. The molecule has 3 aliphatic heterocycles. The van der Waals surface area contributed by atoms with Crippen LogP contribution in [0.15, 0.2) is 78.3 Å². The molecule has 3 saturated heterocycles. The van der Waals surface area contributed by atoms with Crippen LogP contribution in [0.1, 0.15) is 119 Å². The number of benzene rings is 2. The number of nitrogens with one attached hydrogen (secondary N) is 4. The third kappa shape index (κ3) is 9.61. The first-order chi connectivity index (χ1) is 33.0. The Morgan fingerprint density at radius 1 is 0.971 bits per heavy atom. The van der Waals surface area contributed by atoms with Crippen molar-refractivity contribution >= 4 is 55.2 Å². The van der Waals surface area contributed by atoms with Crippen LogP contribution in [0.25, 0.3) is 22.1 Å². The summed E-state index contributed by atoms with van der Waals surface area (Å²) in [4.78, 5) is 40.8. The lowest BCUT2D eigenvalue weighted by atomic mass is 9.60. The second kappa shape index (κ2) is 18.2. The molecule has 17 heteroatoms. The topological polar surface area (TPSA) is 190 Å². The molecule has 366 valence electrons. The molecule has 4 aromatic heterocycles. The Labute approximate surface area is 404 Å². The Bertz CT molecular complexity index is 2960. The number of rotatable bonds is 13. The number of pyridine rings is 2. The number of hydrogen-bond acceptors (Lipinski definition) is 12. The molecule has 1 spiro atoms. The molecule has 10 rings (SSSR count). The number of carbonyl (C=O) groups is 1. The molecule has 0 bridgehead atoms. The molecule has 6 N–H and O–H groups in total. The number of fused-ring (bicyclic) bond motifs is 2. The molecule has 4 fully saturated rings. The summed E-state index contributed by atoms with van der Waals surface area (Å²) >= 11 is 0. The van der Waals surface area contributed by atoms with E-state index in [9.17, 15) is 13.2 Å². The van der Waals surface area contributed by atoms with Crippen LogP contribution in [0.2, 0.25) is 0 Å². The van der Waals surface area contributed by atoms with Gasteiger partial charge < -0.3 is 35.6 Å². The van der Waals surface area contributed by atoms with Gasteiger partial charge in [-0.05, 0) is 104 Å². The first-order valence-electron chi connectivity index (χ1n) is 24.6. The number of likely N-dealkylation sites (tertiary alicyclic amines) is 2. The molecule has 1 atom stereocenters. The van der Waals surface area contributed by atoms with Gasteiger partial charge in [-0.3, -0.25) is 9.69 Å². The van der Waals surface area contributed by atoms with Gasteiger partial charge in [-0.2, -0.15) is 0 Å². The van der Waals surface area contributed by atoms with Crippen LogP contribution < -0.4 is 25.4 Å². The fourth-order valence-corrected chi connectivity index (χ4v) is 12.7. The van der Waals surface area contributed by atoms with Crippen molar-refractivity contribution in [2.45, 2.75) is 115 Å². The maximum absolute atomic E-state index is 16.1. The Morgan fingerprint density at radius 2 is 1.74 bits per heavy atom. The highest BCUT2D eigenvalue weighted by molar-refractivity contribution is 7.90. The molecular weight excluding hydrogens is 894 g/mol. The van der Waals surface area contributed by atoms with Crippen molar-refractivity contribution in [1.29, 1.82) is 0 Å². The lowest BCUT2D eigenvalue weighted by Crippen LogP contribution is -2.55. The monoisotopic (exact) mass is 960 g/mol. The summed E-state index contributed by atoms with van der Waals surface area (Å²) in [6.07, 6.45) is 13.6. The van der Waals surface area contributed by atoms with Crippen molar-refractivity contribution < 1.29 is 22.3 Å². The van der Waals surface area contributed by atoms with Gasteiger partial charge >= 0.3 is 0 Å². The van der Waals surface area contributed by atoms with Crippen LogP contribution in [0, 0.1) is 10.8 Å². The molecule has 2 aromatic carbocycles. The molecule has 69 heavy (non-hydrogen) atoms. The van der Waals surface area contributed by atoms with Crippen LogP contribution in [-0.4, -0.2) is 107 Å². The minimum atomic E-state index is -4.58. The molecule has 1 amide bonds. The lowest BCUT2D eigenvalue weighted by molar-refractivity contribution is -0.0228. The van der Waals surface area contributed by atoms with Gasteiger partial charge in [-0.25, -0.2) is 32.5 Å². The standard InChI is InChI=1S/C52H66FN11O4S/c1-33(2)37-9-6-7-10-38(37)41-11-8-18-64(41)35-26-51(27-35)13-21-63(22-14-51)44-25-42(68-36-23-34-12-17-55-48(34)57-28-36)39(29-56-44)49(65)61-69(66,67)43-24-40(54)45(47-46(43)59-32-60-47)58-30-52(53)15-19-62(20-16-52)31-50(3,4)5/h6-7,9-10,12,17,23-25,28-29,32-33,35,41,58H,8,11,13-16,18-22,26-27,30-31,54H2,1-5H3,(H,55,57)(H,59,60)(H,61,65)/t41-/m0/s1. The molecule has 15 nitrogen and oxygen atoms in total. The number of ether oxygens (including phenoxy) is 1. The van der Waals surface area contributed by atoms with Gasteiger partial charge in [-0.1, -0.05) is 58.9 Å². The molecule has 7 heterocycles. The number of nitrogens with zero attached hydrogens (tertiary/aromatic N) is 6. The Morgan fingerprint density at radius 3 is 2.49 bits per heavy atom. The van der Waals surface area contributed by atoms with Gasteiger partial charge in [0, 0.05) is 75.2 Å². The summed E-state index contributed by atoms with van der Waals surface area (Å²) in [6.45, 7) is 16.0. The Kier molecular flexibility index (Phi) is 12.4. The Hall–Kier alpha value is -5.78. The van der Waals surface area contributed by atoms with Crippen LogP contribution >= 0.6 is 0 Å². The van der Waals surface area contributed by atoms with E-state index in [2.05, 4.69) is 104 Å². The number of nitrogen functional groups attached to an aromatic ring is 1. The predicted molar refractivity (Wildman–Crippen MR) is 269 cm³/mol. The summed E-state index contributed by atoms with van der Waals surface area (Å²) in [5, 5.41) is 3.97. The lowest BCUT2D eigenvalue weighted by Gasteiger charge is -2.56. The number of amides is 1. The molecule has 0 radical (unpaired) electrons. The number of hydrogen-bond donors (Lipinski definition) is 5.